The molecule has 3 rings (SSSR count). The fourth-order valence-electron chi connectivity index (χ4n) is 2.16. The Labute approximate surface area is 117 Å². The number of hydrogen-bond donors (Lipinski definition) is 1. The molecule has 7 nitrogen and oxygen atoms in total. The first-order valence-corrected chi connectivity index (χ1v) is 5.86. The van der Waals surface area contributed by atoms with Gasteiger partial charge in [-0.05, 0) is 6.07 Å². The minimum absolute atomic E-state index is 0.0167. The van der Waals surface area contributed by atoms with E-state index in [4.69, 9.17) is 4.42 Å². The maximum Gasteiger partial charge on any atom is 0.279 e. The van der Waals surface area contributed by atoms with Gasteiger partial charge in [0, 0.05) is 11.1 Å². The average Bonchev–Trinajstić information content (AvgIpc) is 2.90. The van der Waals surface area contributed by atoms with Crippen molar-refractivity contribution in [2.75, 3.05) is 0 Å². The molecule has 0 amide bonds. The third-order valence-corrected chi connectivity index (χ3v) is 3.08. The first-order valence-electron chi connectivity index (χ1n) is 5.86. The van der Waals surface area contributed by atoms with E-state index in [1.165, 1.54) is 12.1 Å². The van der Waals surface area contributed by atoms with E-state index >= 15 is 0 Å². The molecule has 1 aromatic carbocycles. The van der Waals surface area contributed by atoms with Gasteiger partial charge in [-0.3, -0.25) is 19.7 Å². The van der Waals surface area contributed by atoms with Crippen molar-refractivity contribution < 1.29 is 24.0 Å². The lowest BCUT2D eigenvalue weighted by molar-refractivity contribution is -0.402. The Morgan fingerprint density at radius 1 is 1.14 bits per heavy atom. The number of hydrogen-bond acceptors (Lipinski definition) is 6. The molecule has 0 saturated heterocycles. The molecule has 1 heterocycles. The summed E-state index contributed by atoms with van der Waals surface area (Å²) in [5, 5.41) is 19.9. The molecule has 104 valence electrons. The molecule has 0 bridgehead atoms. The standard InChI is InChI=1S/C14H7NO6/c16-10(6-15(19)20)11-5-9-12(17)7-3-1-2-4-8(7)13(18)14(9)21-11/h1-6,16H/b10-6-. The quantitative estimate of drug-likeness (QED) is 0.439. The van der Waals surface area contributed by atoms with Crippen molar-refractivity contribution in [3.63, 3.8) is 0 Å². The van der Waals surface area contributed by atoms with Crippen LogP contribution in [-0.2, 0) is 0 Å². The molecule has 0 spiro atoms. The van der Waals surface area contributed by atoms with Crippen LogP contribution >= 0.6 is 0 Å². The number of benzene rings is 1. The molecular formula is C14H7NO6. The van der Waals surface area contributed by atoms with Crippen molar-refractivity contribution in [1.29, 1.82) is 0 Å². The Balaban J connectivity index is 2.16. The van der Waals surface area contributed by atoms with Crippen LogP contribution in [0.4, 0.5) is 0 Å². The van der Waals surface area contributed by atoms with Crippen LogP contribution in [0.5, 0.6) is 0 Å². The van der Waals surface area contributed by atoms with E-state index < -0.39 is 22.2 Å². The number of aliphatic hydroxyl groups excluding tert-OH is 1. The fourth-order valence-corrected chi connectivity index (χ4v) is 2.16. The maximum atomic E-state index is 12.3. The molecule has 0 fully saturated rings. The van der Waals surface area contributed by atoms with Gasteiger partial charge in [-0.15, -0.1) is 0 Å². The van der Waals surface area contributed by atoms with E-state index in [0.717, 1.165) is 6.07 Å². The summed E-state index contributed by atoms with van der Waals surface area (Å²) in [6.07, 6.45) is 0.326. The average molecular weight is 285 g/mol. The number of carbonyl (C=O) groups excluding carboxylic acids is 2. The van der Waals surface area contributed by atoms with Gasteiger partial charge in [-0.1, -0.05) is 24.3 Å². The minimum Gasteiger partial charge on any atom is -0.500 e. The summed E-state index contributed by atoms with van der Waals surface area (Å²) in [5.41, 5.74) is 0.422. The first-order chi connectivity index (χ1) is 9.99. The highest BCUT2D eigenvalue weighted by Crippen LogP contribution is 2.31. The number of ketones is 2. The smallest absolute Gasteiger partial charge is 0.279 e. The van der Waals surface area contributed by atoms with E-state index in [2.05, 4.69) is 0 Å². The van der Waals surface area contributed by atoms with Crippen molar-refractivity contribution in [3.8, 4) is 0 Å². The van der Waals surface area contributed by atoms with Crippen LogP contribution in [-0.4, -0.2) is 21.6 Å². The van der Waals surface area contributed by atoms with Crippen LogP contribution in [0.3, 0.4) is 0 Å². The molecule has 0 unspecified atom stereocenters. The van der Waals surface area contributed by atoms with Gasteiger partial charge in [0.05, 0.1) is 10.5 Å². The van der Waals surface area contributed by atoms with Crippen LogP contribution < -0.4 is 0 Å². The molecule has 21 heavy (non-hydrogen) atoms. The van der Waals surface area contributed by atoms with E-state index in [0.29, 0.717) is 6.20 Å². The molecule has 1 aliphatic carbocycles. The number of fused-ring (bicyclic) bond motifs is 2. The summed E-state index contributed by atoms with van der Waals surface area (Å²) in [4.78, 5) is 34.0. The zero-order valence-electron chi connectivity index (χ0n) is 10.4. The maximum absolute atomic E-state index is 12.3. The van der Waals surface area contributed by atoms with Gasteiger partial charge in [0.25, 0.3) is 6.20 Å². The van der Waals surface area contributed by atoms with E-state index in [9.17, 15) is 24.8 Å². The zero-order valence-corrected chi connectivity index (χ0v) is 10.4. The van der Waals surface area contributed by atoms with Crippen molar-refractivity contribution >= 4 is 17.3 Å². The topological polar surface area (TPSA) is 111 Å². The minimum atomic E-state index is -0.866. The van der Waals surface area contributed by atoms with Gasteiger partial charge in [0.2, 0.25) is 11.5 Å². The van der Waals surface area contributed by atoms with Gasteiger partial charge in [-0.25, -0.2) is 0 Å². The molecule has 1 N–H and O–H groups in total. The first kappa shape index (κ1) is 12.8. The summed E-state index contributed by atoms with van der Waals surface area (Å²) in [7, 11) is 0. The number of carbonyl (C=O) groups is 2. The lowest BCUT2D eigenvalue weighted by atomic mass is 9.88. The number of nitro groups is 1. The highest BCUT2D eigenvalue weighted by atomic mass is 16.6. The lowest BCUT2D eigenvalue weighted by Gasteiger charge is -2.11. The second kappa shape index (κ2) is 4.41. The number of aliphatic hydroxyl groups is 1. The number of nitrogens with zero attached hydrogens (tertiary/aromatic N) is 1. The summed E-state index contributed by atoms with van der Waals surface area (Å²) in [5.74, 6) is -2.22. The van der Waals surface area contributed by atoms with Gasteiger partial charge < -0.3 is 9.52 Å². The Bertz CT molecular complexity index is 777. The normalized spacial score (nSPS) is 13.8. The predicted octanol–water partition coefficient (Wildman–Crippen LogP) is 2.19. The van der Waals surface area contributed by atoms with Crippen LogP contribution in [0.1, 0.15) is 37.8 Å². The highest BCUT2D eigenvalue weighted by Gasteiger charge is 2.34. The largest absolute Gasteiger partial charge is 0.500 e. The molecule has 2 aromatic rings. The predicted molar refractivity (Wildman–Crippen MR) is 69.6 cm³/mol. The Hall–Kier alpha value is -3.22. The molecule has 1 aromatic heterocycles. The van der Waals surface area contributed by atoms with Gasteiger partial charge in [0.15, 0.2) is 17.3 Å². The number of furan rings is 1. The molecule has 0 radical (unpaired) electrons. The van der Waals surface area contributed by atoms with Gasteiger partial charge in [0.1, 0.15) is 0 Å². The van der Waals surface area contributed by atoms with Crippen molar-refractivity contribution in [3.05, 3.63) is 74.9 Å². The molecule has 1 aliphatic rings. The SMILES string of the molecule is O=C1c2ccccc2C(=O)c2oc(/C(O)=C/[N+](=O)[O-])cc21. The Morgan fingerprint density at radius 3 is 2.38 bits per heavy atom. The van der Waals surface area contributed by atoms with Crippen molar-refractivity contribution in [2.45, 2.75) is 0 Å². The Kier molecular flexibility index (Phi) is 2.69. The van der Waals surface area contributed by atoms with E-state index in [1.54, 1.807) is 12.1 Å². The van der Waals surface area contributed by atoms with Gasteiger partial charge in [-0.2, -0.15) is 0 Å². The summed E-state index contributed by atoms with van der Waals surface area (Å²) in [6, 6.07) is 7.37. The van der Waals surface area contributed by atoms with Gasteiger partial charge >= 0.3 is 0 Å². The third kappa shape index (κ3) is 1.91. The second-order valence-corrected chi connectivity index (χ2v) is 4.36. The summed E-state index contributed by atoms with van der Waals surface area (Å²) in [6.45, 7) is 0. The molecular weight excluding hydrogens is 278 g/mol. The number of rotatable bonds is 2. The van der Waals surface area contributed by atoms with E-state index in [1.807, 2.05) is 0 Å². The lowest BCUT2D eigenvalue weighted by Crippen LogP contribution is -2.18. The molecule has 7 heteroatoms. The molecule has 0 aliphatic heterocycles. The fraction of sp³-hybridized carbons (Fsp3) is 0. The summed E-state index contributed by atoms with van der Waals surface area (Å²) < 4.78 is 5.12. The van der Waals surface area contributed by atoms with Crippen molar-refractivity contribution in [2.24, 2.45) is 0 Å². The Morgan fingerprint density at radius 2 is 1.76 bits per heavy atom. The highest BCUT2D eigenvalue weighted by molar-refractivity contribution is 6.27. The molecule has 0 atom stereocenters. The zero-order chi connectivity index (χ0) is 15.1. The van der Waals surface area contributed by atoms with Crippen LogP contribution in [0.15, 0.2) is 40.9 Å². The van der Waals surface area contributed by atoms with Crippen molar-refractivity contribution in [1.82, 2.24) is 0 Å². The van der Waals surface area contributed by atoms with Crippen LogP contribution in [0.2, 0.25) is 0 Å². The monoisotopic (exact) mass is 285 g/mol. The third-order valence-electron chi connectivity index (χ3n) is 3.08. The van der Waals surface area contributed by atoms with E-state index in [-0.39, 0.29) is 28.2 Å². The second-order valence-electron chi connectivity index (χ2n) is 4.36. The summed E-state index contributed by atoms with van der Waals surface area (Å²) >= 11 is 0. The van der Waals surface area contributed by atoms with Crippen LogP contribution in [0, 0.1) is 10.1 Å². The van der Waals surface area contributed by atoms with Crippen LogP contribution in [0.25, 0.3) is 5.76 Å². The molecule has 0 saturated carbocycles.